The molecule has 0 saturated carbocycles. The average Bonchev–Trinajstić information content (AvgIpc) is 2.76. The number of nitrogens with zero attached hydrogens (tertiary/aromatic N) is 2. The SMILES string of the molecule is Cc1noc(C)c1CN1C(=O)NC(CC(C)C)C1=O. The summed E-state index contributed by atoms with van der Waals surface area (Å²) in [5, 5.41) is 6.55. The monoisotopic (exact) mass is 265 g/mol. The number of aromatic nitrogens is 1. The molecule has 0 radical (unpaired) electrons. The molecule has 6 nitrogen and oxygen atoms in total. The molecule has 1 aromatic rings. The second-order valence-electron chi connectivity index (χ2n) is 5.36. The topological polar surface area (TPSA) is 75.4 Å². The van der Waals surface area contributed by atoms with Gasteiger partial charge < -0.3 is 9.84 Å². The van der Waals surface area contributed by atoms with Crippen LogP contribution in [-0.4, -0.2) is 28.0 Å². The third-order valence-electron chi connectivity index (χ3n) is 3.31. The first-order valence-corrected chi connectivity index (χ1v) is 6.43. The van der Waals surface area contributed by atoms with Crippen LogP contribution in [0.5, 0.6) is 0 Å². The Kier molecular flexibility index (Phi) is 3.59. The molecule has 1 aliphatic heterocycles. The Hall–Kier alpha value is -1.85. The quantitative estimate of drug-likeness (QED) is 0.842. The van der Waals surface area contributed by atoms with E-state index in [1.807, 2.05) is 13.8 Å². The fourth-order valence-corrected chi connectivity index (χ4v) is 2.24. The summed E-state index contributed by atoms with van der Waals surface area (Å²) in [6.45, 7) is 7.85. The zero-order valence-corrected chi connectivity index (χ0v) is 11.7. The van der Waals surface area contributed by atoms with Crippen LogP contribution in [0.1, 0.15) is 37.3 Å². The van der Waals surface area contributed by atoms with Gasteiger partial charge in [0.05, 0.1) is 12.2 Å². The van der Waals surface area contributed by atoms with Gasteiger partial charge in [-0.1, -0.05) is 19.0 Å². The predicted molar refractivity (Wildman–Crippen MR) is 68.3 cm³/mol. The van der Waals surface area contributed by atoms with Crippen molar-refractivity contribution < 1.29 is 14.1 Å². The lowest BCUT2D eigenvalue weighted by atomic mass is 10.0. The molecule has 1 aliphatic rings. The van der Waals surface area contributed by atoms with E-state index in [2.05, 4.69) is 10.5 Å². The summed E-state index contributed by atoms with van der Waals surface area (Å²) in [6, 6.07) is -0.747. The molecule has 0 spiro atoms. The number of imide groups is 1. The highest BCUT2D eigenvalue weighted by Gasteiger charge is 2.38. The Labute approximate surface area is 112 Å². The van der Waals surface area contributed by atoms with Crippen molar-refractivity contribution in [3.63, 3.8) is 0 Å². The summed E-state index contributed by atoms with van der Waals surface area (Å²) in [5.41, 5.74) is 1.51. The summed E-state index contributed by atoms with van der Waals surface area (Å²) in [5.74, 6) is 0.831. The van der Waals surface area contributed by atoms with Gasteiger partial charge in [0, 0.05) is 5.56 Å². The van der Waals surface area contributed by atoms with Crippen LogP contribution in [0.25, 0.3) is 0 Å². The standard InChI is InChI=1S/C13H19N3O3/c1-7(2)5-11-12(17)16(13(18)14-11)6-10-8(3)15-19-9(10)4/h7,11H,5-6H2,1-4H3,(H,14,18). The Balaban J connectivity index is 2.13. The highest BCUT2D eigenvalue weighted by Crippen LogP contribution is 2.20. The highest BCUT2D eigenvalue weighted by molar-refractivity contribution is 6.04. The van der Waals surface area contributed by atoms with Crippen molar-refractivity contribution in [2.24, 2.45) is 5.92 Å². The van der Waals surface area contributed by atoms with E-state index in [-0.39, 0.29) is 18.5 Å². The predicted octanol–water partition coefficient (Wildman–Crippen LogP) is 1.76. The molecular weight excluding hydrogens is 246 g/mol. The molecule has 2 heterocycles. The van der Waals surface area contributed by atoms with Gasteiger partial charge in [-0.3, -0.25) is 9.69 Å². The van der Waals surface area contributed by atoms with E-state index in [1.54, 1.807) is 13.8 Å². The number of rotatable bonds is 4. The molecule has 1 unspecified atom stereocenters. The number of carbonyl (C=O) groups excluding carboxylic acids is 2. The molecule has 0 aliphatic carbocycles. The van der Waals surface area contributed by atoms with Gasteiger partial charge in [0.2, 0.25) is 0 Å². The number of nitrogens with one attached hydrogen (secondary N) is 1. The number of hydrogen-bond acceptors (Lipinski definition) is 4. The van der Waals surface area contributed by atoms with Crippen molar-refractivity contribution in [3.05, 3.63) is 17.0 Å². The second kappa shape index (κ2) is 5.03. The van der Waals surface area contributed by atoms with Crippen LogP contribution in [0.3, 0.4) is 0 Å². The first-order valence-electron chi connectivity index (χ1n) is 6.43. The van der Waals surface area contributed by atoms with E-state index >= 15 is 0 Å². The molecule has 3 amide bonds. The van der Waals surface area contributed by atoms with Crippen LogP contribution < -0.4 is 5.32 Å². The molecule has 1 aromatic heterocycles. The lowest BCUT2D eigenvalue weighted by Gasteiger charge is -2.13. The van der Waals surface area contributed by atoms with Crippen LogP contribution in [0, 0.1) is 19.8 Å². The first-order chi connectivity index (χ1) is 8.90. The third-order valence-corrected chi connectivity index (χ3v) is 3.31. The third kappa shape index (κ3) is 2.62. The van der Waals surface area contributed by atoms with Crippen LogP contribution >= 0.6 is 0 Å². The van der Waals surface area contributed by atoms with E-state index in [0.29, 0.717) is 23.8 Å². The van der Waals surface area contributed by atoms with Gasteiger partial charge in [-0.2, -0.15) is 0 Å². The molecule has 1 N–H and O–H groups in total. The first kappa shape index (κ1) is 13.6. The number of aryl methyl sites for hydroxylation is 2. The summed E-state index contributed by atoms with van der Waals surface area (Å²) in [4.78, 5) is 25.3. The van der Waals surface area contributed by atoms with E-state index in [4.69, 9.17) is 4.52 Å². The molecular formula is C13H19N3O3. The minimum absolute atomic E-state index is 0.168. The Morgan fingerprint density at radius 3 is 2.58 bits per heavy atom. The van der Waals surface area contributed by atoms with Crippen molar-refractivity contribution in [1.29, 1.82) is 0 Å². The fourth-order valence-electron chi connectivity index (χ4n) is 2.24. The highest BCUT2D eigenvalue weighted by atomic mass is 16.5. The molecule has 0 aromatic carbocycles. The molecule has 2 rings (SSSR count). The zero-order valence-electron chi connectivity index (χ0n) is 11.7. The van der Waals surface area contributed by atoms with Crippen molar-refractivity contribution in [2.45, 2.75) is 46.7 Å². The number of carbonyl (C=O) groups is 2. The average molecular weight is 265 g/mol. The van der Waals surface area contributed by atoms with Crippen LogP contribution in [0.2, 0.25) is 0 Å². The number of amides is 3. The largest absolute Gasteiger partial charge is 0.361 e. The summed E-state index contributed by atoms with van der Waals surface area (Å²) >= 11 is 0. The summed E-state index contributed by atoms with van der Waals surface area (Å²) < 4.78 is 5.05. The van der Waals surface area contributed by atoms with Crippen molar-refractivity contribution >= 4 is 11.9 Å². The Morgan fingerprint density at radius 1 is 1.37 bits per heavy atom. The van der Waals surface area contributed by atoms with Gasteiger partial charge in [-0.15, -0.1) is 0 Å². The normalized spacial score (nSPS) is 19.4. The van der Waals surface area contributed by atoms with Gasteiger partial charge in [-0.05, 0) is 26.2 Å². The van der Waals surface area contributed by atoms with E-state index < -0.39 is 6.04 Å². The van der Waals surface area contributed by atoms with Gasteiger partial charge in [-0.25, -0.2) is 4.79 Å². The van der Waals surface area contributed by atoms with E-state index in [9.17, 15) is 9.59 Å². The van der Waals surface area contributed by atoms with Crippen molar-refractivity contribution in [1.82, 2.24) is 15.4 Å². The number of hydrogen-bond donors (Lipinski definition) is 1. The smallest absolute Gasteiger partial charge is 0.325 e. The minimum Gasteiger partial charge on any atom is -0.361 e. The zero-order chi connectivity index (χ0) is 14.2. The molecule has 0 bridgehead atoms. The molecule has 19 heavy (non-hydrogen) atoms. The summed E-state index contributed by atoms with van der Waals surface area (Å²) in [6.07, 6.45) is 0.655. The van der Waals surface area contributed by atoms with Crippen molar-refractivity contribution in [2.75, 3.05) is 0 Å². The molecule has 6 heteroatoms. The lowest BCUT2D eigenvalue weighted by Crippen LogP contribution is -2.31. The van der Waals surface area contributed by atoms with E-state index in [1.165, 1.54) is 4.90 Å². The Bertz CT molecular complexity index is 488. The lowest BCUT2D eigenvalue weighted by molar-refractivity contribution is -0.128. The van der Waals surface area contributed by atoms with Gasteiger partial charge in [0.15, 0.2) is 0 Å². The van der Waals surface area contributed by atoms with Crippen LogP contribution in [0.15, 0.2) is 4.52 Å². The maximum atomic E-state index is 12.2. The van der Waals surface area contributed by atoms with Gasteiger partial charge in [0.1, 0.15) is 11.8 Å². The van der Waals surface area contributed by atoms with E-state index in [0.717, 1.165) is 5.56 Å². The fraction of sp³-hybridized carbons (Fsp3) is 0.615. The van der Waals surface area contributed by atoms with Crippen molar-refractivity contribution in [3.8, 4) is 0 Å². The maximum Gasteiger partial charge on any atom is 0.325 e. The molecule has 104 valence electrons. The number of urea groups is 1. The van der Waals surface area contributed by atoms with Crippen LogP contribution in [-0.2, 0) is 11.3 Å². The Morgan fingerprint density at radius 2 is 2.05 bits per heavy atom. The molecule has 1 fully saturated rings. The second-order valence-corrected chi connectivity index (χ2v) is 5.36. The molecule has 1 atom stereocenters. The molecule has 1 saturated heterocycles. The van der Waals surface area contributed by atoms with Gasteiger partial charge >= 0.3 is 6.03 Å². The van der Waals surface area contributed by atoms with Crippen LogP contribution in [0.4, 0.5) is 4.79 Å². The maximum absolute atomic E-state index is 12.2. The minimum atomic E-state index is -0.409. The summed E-state index contributed by atoms with van der Waals surface area (Å²) in [7, 11) is 0. The van der Waals surface area contributed by atoms with Gasteiger partial charge in [0.25, 0.3) is 5.91 Å².